The molecule has 1 rings (SSSR count). The summed E-state index contributed by atoms with van der Waals surface area (Å²) in [6.07, 6.45) is 2.75. The molecule has 0 aliphatic rings. The Kier molecular flexibility index (Phi) is 4.68. The highest BCUT2D eigenvalue weighted by Crippen LogP contribution is 2.10. The third-order valence-electron chi connectivity index (χ3n) is 2.51. The monoisotopic (exact) mass is 239 g/mol. The van der Waals surface area contributed by atoms with Crippen molar-refractivity contribution in [2.24, 2.45) is 0 Å². The molecule has 0 aliphatic carbocycles. The van der Waals surface area contributed by atoms with Gasteiger partial charge in [-0.15, -0.1) is 0 Å². The van der Waals surface area contributed by atoms with Crippen LogP contribution < -0.4 is 5.32 Å². The standard InChI is InChI=1S/C11H17N3O3/c1-7-9(6-12-14-7)5-10(13-8(2)15)3-4-11(16)17/h6,10H,3-5H2,1-2H3,(H,12,14)(H,13,15)(H,16,17). The number of aliphatic carboxylic acids is 1. The molecule has 0 radical (unpaired) electrons. The molecule has 1 heterocycles. The molecule has 0 saturated heterocycles. The van der Waals surface area contributed by atoms with Crippen LogP contribution in [-0.2, 0) is 16.0 Å². The SMILES string of the molecule is CC(=O)NC(CCC(=O)O)Cc1cn[nH]c1C. The van der Waals surface area contributed by atoms with Gasteiger partial charge < -0.3 is 10.4 Å². The van der Waals surface area contributed by atoms with Gasteiger partial charge in [-0.2, -0.15) is 5.10 Å². The minimum absolute atomic E-state index is 0.0435. The van der Waals surface area contributed by atoms with Crippen LogP contribution in [0.25, 0.3) is 0 Å². The number of nitrogens with one attached hydrogen (secondary N) is 2. The summed E-state index contributed by atoms with van der Waals surface area (Å²) in [5.74, 6) is -1.01. The van der Waals surface area contributed by atoms with Crippen LogP contribution in [0.15, 0.2) is 6.20 Å². The van der Waals surface area contributed by atoms with Gasteiger partial charge >= 0.3 is 5.97 Å². The fraction of sp³-hybridized carbons (Fsp3) is 0.545. The van der Waals surface area contributed by atoms with E-state index in [1.165, 1.54) is 6.92 Å². The van der Waals surface area contributed by atoms with Crippen LogP contribution in [0.5, 0.6) is 0 Å². The van der Waals surface area contributed by atoms with Gasteiger partial charge in [-0.05, 0) is 25.3 Å². The zero-order valence-electron chi connectivity index (χ0n) is 9.99. The molecule has 0 saturated carbocycles. The van der Waals surface area contributed by atoms with Gasteiger partial charge in [0.15, 0.2) is 0 Å². The van der Waals surface area contributed by atoms with Crippen molar-refractivity contribution in [1.82, 2.24) is 15.5 Å². The Balaban J connectivity index is 2.59. The molecule has 17 heavy (non-hydrogen) atoms. The summed E-state index contributed by atoms with van der Waals surface area (Å²) in [5.41, 5.74) is 1.94. The first-order valence-electron chi connectivity index (χ1n) is 5.46. The molecule has 1 unspecified atom stereocenters. The number of aryl methyl sites for hydroxylation is 1. The van der Waals surface area contributed by atoms with E-state index in [1.54, 1.807) is 6.20 Å². The first-order valence-corrected chi connectivity index (χ1v) is 5.46. The topological polar surface area (TPSA) is 95.1 Å². The number of H-pyrrole nitrogens is 1. The van der Waals surface area contributed by atoms with Gasteiger partial charge in [0.2, 0.25) is 5.91 Å². The smallest absolute Gasteiger partial charge is 0.303 e. The summed E-state index contributed by atoms with van der Waals surface area (Å²) in [6, 6.07) is -0.167. The van der Waals surface area contributed by atoms with Crippen LogP contribution >= 0.6 is 0 Å². The summed E-state index contributed by atoms with van der Waals surface area (Å²) in [7, 11) is 0. The van der Waals surface area contributed by atoms with Gasteiger partial charge in [0.05, 0.1) is 6.20 Å². The number of hydrogen-bond donors (Lipinski definition) is 3. The predicted molar refractivity (Wildman–Crippen MR) is 61.5 cm³/mol. The maximum absolute atomic E-state index is 11.0. The molecule has 0 spiro atoms. The third kappa shape index (κ3) is 4.67. The summed E-state index contributed by atoms with van der Waals surface area (Å²) in [5, 5.41) is 18.1. The van der Waals surface area contributed by atoms with Gasteiger partial charge in [-0.1, -0.05) is 0 Å². The molecule has 1 atom stereocenters. The van der Waals surface area contributed by atoms with Gasteiger partial charge in [0.1, 0.15) is 0 Å². The Labute approximate surface area is 99.4 Å². The summed E-state index contributed by atoms with van der Waals surface area (Å²) in [4.78, 5) is 21.6. The molecule has 6 nitrogen and oxygen atoms in total. The van der Waals surface area contributed by atoms with Crippen LogP contribution in [0.3, 0.4) is 0 Å². The number of carboxylic acid groups (broad SMARTS) is 1. The molecule has 6 heteroatoms. The molecule has 94 valence electrons. The number of carbonyl (C=O) groups is 2. The van der Waals surface area contributed by atoms with Crippen molar-refractivity contribution in [2.75, 3.05) is 0 Å². The number of carboxylic acids is 1. The normalized spacial score (nSPS) is 12.1. The highest BCUT2D eigenvalue weighted by molar-refractivity contribution is 5.73. The van der Waals surface area contributed by atoms with Crippen molar-refractivity contribution in [1.29, 1.82) is 0 Å². The zero-order chi connectivity index (χ0) is 12.8. The van der Waals surface area contributed by atoms with Gasteiger partial charge in [0.25, 0.3) is 0 Å². The minimum atomic E-state index is -0.857. The van der Waals surface area contributed by atoms with Gasteiger partial charge in [-0.3, -0.25) is 14.7 Å². The van der Waals surface area contributed by atoms with Crippen LogP contribution in [-0.4, -0.2) is 33.2 Å². The Morgan fingerprint density at radius 2 is 2.29 bits per heavy atom. The van der Waals surface area contributed by atoms with E-state index in [1.807, 2.05) is 6.92 Å². The second-order valence-electron chi connectivity index (χ2n) is 4.05. The quantitative estimate of drug-likeness (QED) is 0.678. The highest BCUT2D eigenvalue weighted by atomic mass is 16.4. The number of nitrogens with zero attached hydrogens (tertiary/aromatic N) is 1. The van der Waals surface area contributed by atoms with Crippen LogP contribution in [0.1, 0.15) is 31.0 Å². The maximum atomic E-state index is 11.0. The van der Waals surface area contributed by atoms with E-state index < -0.39 is 5.97 Å². The van der Waals surface area contributed by atoms with E-state index in [0.717, 1.165) is 11.3 Å². The predicted octanol–water partition coefficient (Wildman–Crippen LogP) is 0.630. The molecule has 0 aliphatic heterocycles. The third-order valence-corrected chi connectivity index (χ3v) is 2.51. The molecule has 0 aromatic carbocycles. The van der Waals surface area contributed by atoms with Crippen molar-refractivity contribution < 1.29 is 14.7 Å². The fourth-order valence-corrected chi connectivity index (χ4v) is 1.66. The number of aromatic nitrogens is 2. The number of carbonyl (C=O) groups excluding carboxylic acids is 1. The van der Waals surface area contributed by atoms with Crippen molar-refractivity contribution in [2.45, 2.75) is 39.2 Å². The van der Waals surface area contributed by atoms with Gasteiger partial charge in [0, 0.05) is 25.1 Å². The molecule has 0 fully saturated rings. The van der Waals surface area contributed by atoms with E-state index >= 15 is 0 Å². The lowest BCUT2D eigenvalue weighted by Crippen LogP contribution is -2.35. The zero-order valence-corrected chi connectivity index (χ0v) is 9.99. The van der Waals surface area contributed by atoms with E-state index in [2.05, 4.69) is 15.5 Å². The molecular formula is C11H17N3O3. The van der Waals surface area contributed by atoms with Gasteiger partial charge in [-0.25, -0.2) is 0 Å². The Morgan fingerprint density at radius 1 is 1.59 bits per heavy atom. The highest BCUT2D eigenvalue weighted by Gasteiger charge is 2.14. The lowest BCUT2D eigenvalue weighted by Gasteiger charge is -2.16. The van der Waals surface area contributed by atoms with Crippen molar-refractivity contribution in [3.63, 3.8) is 0 Å². The van der Waals surface area contributed by atoms with E-state index in [0.29, 0.717) is 12.8 Å². The minimum Gasteiger partial charge on any atom is -0.481 e. The lowest BCUT2D eigenvalue weighted by molar-refractivity contribution is -0.137. The van der Waals surface area contributed by atoms with E-state index in [-0.39, 0.29) is 18.4 Å². The number of aromatic amines is 1. The number of amides is 1. The molecule has 1 aromatic heterocycles. The lowest BCUT2D eigenvalue weighted by atomic mass is 10.0. The average molecular weight is 239 g/mol. The summed E-state index contributed by atoms with van der Waals surface area (Å²) < 4.78 is 0. The summed E-state index contributed by atoms with van der Waals surface area (Å²) in [6.45, 7) is 3.32. The van der Waals surface area contributed by atoms with E-state index in [9.17, 15) is 9.59 Å². The molecular weight excluding hydrogens is 222 g/mol. The fourth-order valence-electron chi connectivity index (χ4n) is 1.66. The molecule has 0 bridgehead atoms. The summed E-state index contributed by atoms with van der Waals surface area (Å²) >= 11 is 0. The van der Waals surface area contributed by atoms with E-state index in [4.69, 9.17) is 5.11 Å². The Morgan fingerprint density at radius 3 is 2.76 bits per heavy atom. The number of hydrogen-bond acceptors (Lipinski definition) is 3. The molecule has 1 amide bonds. The van der Waals surface area contributed by atoms with Crippen LogP contribution in [0, 0.1) is 6.92 Å². The van der Waals surface area contributed by atoms with Crippen LogP contribution in [0.2, 0.25) is 0 Å². The molecule has 1 aromatic rings. The number of rotatable bonds is 6. The molecule has 3 N–H and O–H groups in total. The van der Waals surface area contributed by atoms with Crippen LogP contribution in [0.4, 0.5) is 0 Å². The van der Waals surface area contributed by atoms with Crippen molar-refractivity contribution in [3.8, 4) is 0 Å². The Hall–Kier alpha value is -1.85. The largest absolute Gasteiger partial charge is 0.481 e. The first kappa shape index (κ1) is 13.2. The average Bonchev–Trinajstić information content (AvgIpc) is 2.60. The van der Waals surface area contributed by atoms with Crippen molar-refractivity contribution in [3.05, 3.63) is 17.5 Å². The van der Waals surface area contributed by atoms with Crippen molar-refractivity contribution >= 4 is 11.9 Å². The maximum Gasteiger partial charge on any atom is 0.303 e. The second kappa shape index (κ2) is 6.03. The Bertz CT molecular complexity index is 400. The second-order valence-corrected chi connectivity index (χ2v) is 4.05. The first-order chi connectivity index (χ1) is 7.99.